The van der Waals surface area contributed by atoms with E-state index < -0.39 is 5.97 Å². The highest BCUT2D eigenvalue weighted by molar-refractivity contribution is 5.76. The largest absolute Gasteiger partial charge is 0.480 e. The van der Waals surface area contributed by atoms with Gasteiger partial charge in [0.15, 0.2) is 0 Å². The van der Waals surface area contributed by atoms with Crippen LogP contribution in [0.15, 0.2) is 0 Å². The molecule has 100 valence electrons. The Labute approximate surface area is 101 Å². The van der Waals surface area contributed by atoms with Crippen LogP contribution in [0.4, 0.5) is 0 Å². The average molecular weight is 246 g/mol. The lowest BCUT2D eigenvalue weighted by atomic mass is 10.1. The van der Waals surface area contributed by atoms with Crippen LogP contribution in [0.1, 0.15) is 19.3 Å². The Kier molecular flexibility index (Phi) is 8.29. The second-order valence-electron chi connectivity index (χ2n) is 3.91. The van der Waals surface area contributed by atoms with Gasteiger partial charge in [0, 0.05) is 19.5 Å². The molecule has 7 nitrogen and oxygen atoms in total. The lowest BCUT2D eigenvalue weighted by Crippen LogP contribution is -2.44. The topological polar surface area (TPSA) is 108 Å². The predicted octanol–water partition coefficient (Wildman–Crippen LogP) is -1.25. The third-order valence-electron chi connectivity index (χ3n) is 2.28. The molecule has 17 heavy (non-hydrogen) atoms. The van der Waals surface area contributed by atoms with E-state index in [9.17, 15) is 9.59 Å². The Morgan fingerprint density at radius 2 is 2.12 bits per heavy atom. The normalized spacial score (nSPS) is 12.5. The molecule has 0 aromatic heterocycles. The van der Waals surface area contributed by atoms with Gasteiger partial charge in [-0.1, -0.05) is 0 Å². The van der Waals surface area contributed by atoms with Crippen LogP contribution in [0.5, 0.6) is 0 Å². The van der Waals surface area contributed by atoms with Crippen LogP contribution >= 0.6 is 0 Å². The van der Waals surface area contributed by atoms with Gasteiger partial charge >= 0.3 is 5.97 Å². The minimum absolute atomic E-state index is 0.0665. The maximum atomic E-state index is 11.6. The molecule has 0 bridgehead atoms. The Morgan fingerprint density at radius 3 is 2.59 bits per heavy atom. The minimum Gasteiger partial charge on any atom is -0.480 e. The van der Waals surface area contributed by atoms with Crippen LogP contribution in [0.2, 0.25) is 0 Å². The number of hydrogen-bond acceptors (Lipinski definition) is 5. The van der Waals surface area contributed by atoms with E-state index in [1.165, 1.54) is 12.1 Å². The minimum atomic E-state index is -0.985. The van der Waals surface area contributed by atoms with E-state index in [1.54, 1.807) is 7.05 Å². The van der Waals surface area contributed by atoms with Crippen molar-refractivity contribution in [2.45, 2.75) is 25.3 Å². The van der Waals surface area contributed by atoms with Gasteiger partial charge in [0.1, 0.15) is 6.54 Å². The van der Waals surface area contributed by atoms with Crippen molar-refractivity contribution in [1.29, 1.82) is 0 Å². The summed E-state index contributed by atoms with van der Waals surface area (Å²) in [6, 6.07) is 0.0665. The fraction of sp³-hybridized carbons (Fsp3) is 0.800. The second kappa shape index (κ2) is 8.91. The first-order valence-corrected chi connectivity index (χ1v) is 5.59. The van der Waals surface area contributed by atoms with Crippen molar-refractivity contribution in [3.63, 3.8) is 0 Å². The molecule has 0 rings (SSSR count). The van der Waals surface area contributed by atoms with Gasteiger partial charge in [-0.25, -0.2) is 5.01 Å². The van der Waals surface area contributed by atoms with Gasteiger partial charge in [0.2, 0.25) is 5.91 Å². The van der Waals surface area contributed by atoms with Gasteiger partial charge in [0.25, 0.3) is 0 Å². The molecule has 0 unspecified atom stereocenters. The van der Waals surface area contributed by atoms with Crippen molar-refractivity contribution in [3.05, 3.63) is 0 Å². The van der Waals surface area contributed by atoms with Crippen molar-refractivity contribution in [1.82, 2.24) is 15.8 Å². The molecule has 1 amide bonds. The monoisotopic (exact) mass is 246 g/mol. The molecule has 7 heteroatoms. The number of aliphatic carboxylic acids is 1. The van der Waals surface area contributed by atoms with Gasteiger partial charge < -0.3 is 16.2 Å². The Morgan fingerprint density at radius 1 is 1.47 bits per heavy atom. The van der Waals surface area contributed by atoms with Crippen LogP contribution in [0.25, 0.3) is 0 Å². The zero-order valence-corrected chi connectivity index (χ0v) is 10.4. The number of carbonyl (C=O) groups excluding carboxylic acids is 1. The molecule has 5 N–H and O–H groups in total. The summed E-state index contributed by atoms with van der Waals surface area (Å²) < 4.78 is 0. The van der Waals surface area contributed by atoms with E-state index in [1.807, 2.05) is 0 Å². The van der Waals surface area contributed by atoms with E-state index in [0.29, 0.717) is 13.0 Å². The molecule has 0 radical (unpaired) electrons. The number of hydrogen-bond donors (Lipinski definition) is 4. The maximum absolute atomic E-state index is 11.6. The Balaban J connectivity index is 3.92. The van der Waals surface area contributed by atoms with Crippen molar-refractivity contribution < 1.29 is 14.7 Å². The van der Waals surface area contributed by atoms with Gasteiger partial charge in [-0.05, 0) is 26.4 Å². The van der Waals surface area contributed by atoms with E-state index in [2.05, 4.69) is 10.7 Å². The Bertz CT molecular complexity index is 248. The first kappa shape index (κ1) is 15.8. The van der Waals surface area contributed by atoms with Crippen molar-refractivity contribution in [2.24, 2.45) is 5.73 Å². The summed E-state index contributed by atoms with van der Waals surface area (Å²) in [4.78, 5) is 21.9. The van der Waals surface area contributed by atoms with Crippen LogP contribution in [0, 0.1) is 0 Å². The number of carboxylic acid groups (broad SMARTS) is 1. The van der Waals surface area contributed by atoms with E-state index >= 15 is 0 Å². The lowest BCUT2D eigenvalue weighted by molar-refractivity contribution is -0.139. The fourth-order valence-electron chi connectivity index (χ4n) is 1.44. The quantitative estimate of drug-likeness (QED) is 0.379. The number of carboxylic acids is 1. The smallest absolute Gasteiger partial charge is 0.319 e. The summed E-state index contributed by atoms with van der Waals surface area (Å²) >= 11 is 0. The molecule has 0 aromatic rings. The molecule has 0 heterocycles. The molecule has 0 aliphatic heterocycles. The highest BCUT2D eigenvalue weighted by Gasteiger charge is 2.13. The average Bonchev–Trinajstić information content (AvgIpc) is 2.22. The van der Waals surface area contributed by atoms with Gasteiger partial charge in [-0.2, -0.15) is 0 Å². The molecular weight excluding hydrogens is 224 g/mol. The van der Waals surface area contributed by atoms with Crippen molar-refractivity contribution in [2.75, 3.05) is 27.2 Å². The number of nitrogens with one attached hydrogen (secondary N) is 2. The Hall–Kier alpha value is -1.18. The third kappa shape index (κ3) is 8.61. The second-order valence-corrected chi connectivity index (χ2v) is 3.91. The van der Waals surface area contributed by atoms with E-state index in [0.717, 1.165) is 12.8 Å². The number of carbonyl (C=O) groups is 2. The van der Waals surface area contributed by atoms with Crippen LogP contribution in [-0.4, -0.2) is 55.2 Å². The zero-order chi connectivity index (χ0) is 13.3. The summed E-state index contributed by atoms with van der Waals surface area (Å²) in [6.45, 7) is 0.372. The number of hydrazine groups is 1. The van der Waals surface area contributed by atoms with Gasteiger partial charge in [-0.3, -0.25) is 15.0 Å². The highest BCUT2D eigenvalue weighted by Crippen LogP contribution is 2.00. The van der Waals surface area contributed by atoms with Crippen molar-refractivity contribution >= 4 is 11.9 Å². The molecule has 0 saturated carbocycles. The van der Waals surface area contributed by atoms with Crippen molar-refractivity contribution in [3.8, 4) is 0 Å². The highest BCUT2D eigenvalue weighted by atomic mass is 16.4. The molecule has 0 aromatic carbocycles. The van der Waals surface area contributed by atoms with E-state index in [4.69, 9.17) is 10.8 Å². The number of nitrogens with zero attached hydrogens (tertiary/aromatic N) is 1. The lowest BCUT2D eigenvalue weighted by Gasteiger charge is -2.19. The standard InChI is InChI=1S/C10H22N4O3/c1-12-8(4-3-5-11)6-9(15)13-14(2)7-10(16)17/h8,12H,3-7,11H2,1-2H3,(H,13,15)(H,16,17)/t8-/m0/s1. The van der Waals surface area contributed by atoms with Gasteiger partial charge in [0.05, 0.1) is 0 Å². The summed E-state index contributed by atoms with van der Waals surface area (Å²) in [5.74, 6) is -1.19. The molecule has 0 fully saturated rings. The molecular formula is C10H22N4O3. The molecule has 0 aliphatic rings. The number of rotatable bonds is 9. The summed E-state index contributed by atoms with van der Waals surface area (Å²) in [6.07, 6.45) is 1.98. The molecule has 0 saturated heterocycles. The molecule has 0 spiro atoms. The SMILES string of the molecule is CN[C@@H](CCCN)CC(=O)NN(C)CC(=O)O. The van der Waals surface area contributed by atoms with Crippen LogP contribution in [0.3, 0.4) is 0 Å². The number of nitrogens with two attached hydrogens (primary N) is 1. The molecule has 0 aliphatic carbocycles. The van der Waals surface area contributed by atoms with E-state index in [-0.39, 0.29) is 18.5 Å². The molecule has 1 atom stereocenters. The summed E-state index contributed by atoms with van der Waals surface area (Å²) in [7, 11) is 3.30. The zero-order valence-electron chi connectivity index (χ0n) is 10.4. The first-order chi connectivity index (χ1) is 7.99. The number of likely N-dealkylation sites (N-methyl/N-ethyl adjacent to an activating group) is 1. The van der Waals surface area contributed by atoms with Crippen LogP contribution in [-0.2, 0) is 9.59 Å². The number of amides is 1. The van der Waals surface area contributed by atoms with Crippen LogP contribution < -0.4 is 16.5 Å². The maximum Gasteiger partial charge on any atom is 0.319 e. The van der Waals surface area contributed by atoms with Gasteiger partial charge in [-0.15, -0.1) is 0 Å². The predicted molar refractivity (Wildman–Crippen MR) is 64.2 cm³/mol. The summed E-state index contributed by atoms with van der Waals surface area (Å²) in [5, 5.41) is 12.8. The third-order valence-corrected chi connectivity index (χ3v) is 2.28. The summed E-state index contributed by atoms with van der Waals surface area (Å²) in [5.41, 5.74) is 7.89. The fourth-order valence-corrected chi connectivity index (χ4v) is 1.44. The first-order valence-electron chi connectivity index (χ1n) is 5.59.